The van der Waals surface area contributed by atoms with E-state index in [1.165, 1.54) is 0 Å². The van der Waals surface area contributed by atoms with Crippen molar-refractivity contribution in [3.63, 3.8) is 0 Å². The van der Waals surface area contributed by atoms with E-state index in [9.17, 15) is 8.42 Å². The van der Waals surface area contributed by atoms with Gasteiger partial charge in [-0.25, -0.2) is 8.42 Å². The molecule has 4 rings (SSSR count). The van der Waals surface area contributed by atoms with Gasteiger partial charge in [0, 0.05) is 5.02 Å². The van der Waals surface area contributed by atoms with Gasteiger partial charge in [-0.1, -0.05) is 60.1 Å². The van der Waals surface area contributed by atoms with Crippen LogP contribution in [-0.2, 0) is 10.0 Å². The van der Waals surface area contributed by atoms with Crippen LogP contribution in [-0.4, -0.2) is 14.5 Å². The molecule has 0 aromatic heterocycles. The average molecular weight is 412 g/mol. The molecular weight excluding hydrogens is 394 g/mol. The predicted octanol–water partition coefficient (Wildman–Crippen LogP) is 4.83. The highest BCUT2D eigenvalue weighted by molar-refractivity contribution is 7.89. The molecule has 0 unspecified atom stereocenters. The van der Waals surface area contributed by atoms with Crippen molar-refractivity contribution in [2.75, 3.05) is 0 Å². The highest BCUT2D eigenvalue weighted by atomic mass is 35.5. The van der Waals surface area contributed by atoms with Gasteiger partial charge in [-0.15, -0.1) is 0 Å². The van der Waals surface area contributed by atoms with Crippen LogP contribution >= 0.6 is 11.6 Å². The van der Waals surface area contributed by atoms with Crippen LogP contribution in [0.2, 0.25) is 5.02 Å². The van der Waals surface area contributed by atoms with Gasteiger partial charge in [-0.2, -0.15) is 4.72 Å². The van der Waals surface area contributed by atoms with Crippen molar-refractivity contribution in [1.82, 2.24) is 4.72 Å². The second-order valence-corrected chi connectivity index (χ2v) is 8.59. The van der Waals surface area contributed by atoms with E-state index in [1.54, 1.807) is 54.6 Å². The summed E-state index contributed by atoms with van der Waals surface area (Å²) in [5, 5.41) is 0.609. The van der Waals surface area contributed by atoms with Crippen molar-refractivity contribution < 1.29 is 13.2 Å². The number of nitrogens with one attached hydrogen (secondary N) is 1. The number of halogens is 1. The van der Waals surface area contributed by atoms with Gasteiger partial charge in [0.1, 0.15) is 11.9 Å². The van der Waals surface area contributed by atoms with E-state index in [2.05, 4.69) is 4.72 Å². The third-order valence-corrected chi connectivity index (χ3v) is 6.26. The minimum Gasteiger partial charge on any atom is -0.484 e. The molecule has 0 radical (unpaired) electrons. The molecule has 3 aromatic rings. The first-order valence-electron chi connectivity index (χ1n) is 8.80. The lowest BCUT2D eigenvalue weighted by atomic mass is 9.91. The molecule has 0 saturated carbocycles. The zero-order valence-electron chi connectivity index (χ0n) is 14.8. The maximum absolute atomic E-state index is 12.9. The van der Waals surface area contributed by atoms with Gasteiger partial charge < -0.3 is 4.74 Å². The molecule has 0 heterocycles. The van der Waals surface area contributed by atoms with Gasteiger partial charge in [-0.05, 0) is 53.6 Å². The standard InChI is InChI=1S/C22H18ClNO3S/c23-17-11-13-18(14-12-17)27-21-15-10-16-6-4-5-9-20(16)22(21)24-28(25,26)19-7-2-1-3-8-19/h1-15,21-22,24H/t21-,22-/m1/s1. The molecule has 4 nitrogen and oxygen atoms in total. The Morgan fingerprint density at radius 1 is 0.857 bits per heavy atom. The molecule has 142 valence electrons. The van der Waals surface area contributed by atoms with Gasteiger partial charge in [0.2, 0.25) is 10.0 Å². The van der Waals surface area contributed by atoms with Crippen LogP contribution in [0.3, 0.4) is 0 Å². The smallest absolute Gasteiger partial charge is 0.241 e. The van der Waals surface area contributed by atoms with Gasteiger partial charge >= 0.3 is 0 Å². The van der Waals surface area contributed by atoms with E-state index < -0.39 is 22.2 Å². The third-order valence-electron chi connectivity index (χ3n) is 4.55. The van der Waals surface area contributed by atoms with Crippen LogP contribution in [0.15, 0.2) is 89.8 Å². The molecule has 0 aliphatic heterocycles. The Bertz CT molecular complexity index is 1100. The number of rotatable bonds is 5. The van der Waals surface area contributed by atoms with E-state index in [4.69, 9.17) is 16.3 Å². The van der Waals surface area contributed by atoms with Crippen LogP contribution < -0.4 is 9.46 Å². The average Bonchev–Trinajstić information content (AvgIpc) is 2.72. The molecular formula is C22H18ClNO3S. The van der Waals surface area contributed by atoms with E-state index >= 15 is 0 Å². The molecule has 1 aliphatic rings. The highest BCUT2D eigenvalue weighted by Gasteiger charge is 2.32. The van der Waals surface area contributed by atoms with Crippen molar-refractivity contribution >= 4 is 27.7 Å². The minimum absolute atomic E-state index is 0.215. The zero-order chi connectivity index (χ0) is 19.6. The van der Waals surface area contributed by atoms with Crippen LogP contribution in [0.1, 0.15) is 17.2 Å². The summed E-state index contributed by atoms with van der Waals surface area (Å²) in [4.78, 5) is 0.215. The Kier molecular flexibility index (Phi) is 5.22. The number of ether oxygens (including phenoxy) is 1. The first kappa shape index (κ1) is 18.7. The first-order valence-corrected chi connectivity index (χ1v) is 10.7. The summed E-state index contributed by atoms with van der Waals surface area (Å²) < 4.78 is 34.8. The first-order chi connectivity index (χ1) is 13.5. The lowest BCUT2D eigenvalue weighted by Crippen LogP contribution is -2.39. The van der Waals surface area contributed by atoms with Crippen molar-refractivity contribution in [3.8, 4) is 5.75 Å². The van der Waals surface area contributed by atoms with Crippen LogP contribution in [0, 0.1) is 0 Å². The summed E-state index contributed by atoms with van der Waals surface area (Å²) in [7, 11) is -3.72. The van der Waals surface area contributed by atoms with Crippen molar-refractivity contribution in [2.24, 2.45) is 0 Å². The summed E-state index contributed by atoms with van der Waals surface area (Å²) in [5.41, 5.74) is 1.82. The Hall–Kier alpha value is -2.60. The predicted molar refractivity (Wildman–Crippen MR) is 111 cm³/mol. The fourth-order valence-electron chi connectivity index (χ4n) is 3.18. The summed E-state index contributed by atoms with van der Waals surface area (Å²) in [5.74, 6) is 0.613. The Balaban J connectivity index is 1.69. The molecule has 6 heteroatoms. The molecule has 28 heavy (non-hydrogen) atoms. The number of benzene rings is 3. The van der Waals surface area contributed by atoms with Gasteiger partial charge in [0.25, 0.3) is 0 Å². The van der Waals surface area contributed by atoms with Crippen molar-refractivity contribution in [3.05, 3.63) is 101 Å². The molecule has 3 aromatic carbocycles. The Labute approximate surface area is 169 Å². The Morgan fingerprint density at radius 3 is 2.29 bits per heavy atom. The lowest BCUT2D eigenvalue weighted by Gasteiger charge is -2.30. The second kappa shape index (κ2) is 7.80. The topological polar surface area (TPSA) is 55.4 Å². The SMILES string of the molecule is O=S(=O)(N[C@@H]1c2ccccc2C=C[C@H]1Oc1ccc(Cl)cc1)c1ccccc1. The second-order valence-electron chi connectivity index (χ2n) is 6.44. The molecule has 2 atom stereocenters. The fraction of sp³-hybridized carbons (Fsp3) is 0.0909. The molecule has 0 amide bonds. The summed E-state index contributed by atoms with van der Waals surface area (Å²) in [6.45, 7) is 0. The van der Waals surface area contributed by atoms with E-state index in [0.717, 1.165) is 11.1 Å². The fourth-order valence-corrected chi connectivity index (χ4v) is 4.55. The van der Waals surface area contributed by atoms with E-state index in [0.29, 0.717) is 10.8 Å². The van der Waals surface area contributed by atoms with Crippen LogP contribution in [0.4, 0.5) is 0 Å². The van der Waals surface area contributed by atoms with Gasteiger partial charge in [-0.3, -0.25) is 0 Å². The molecule has 0 fully saturated rings. The molecule has 0 saturated heterocycles. The summed E-state index contributed by atoms with van der Waals surface area (Å²) in [6, 6.07) is 22.4. The lowest BCUT2D eigenvalue weighted by molar-refractivity contribution is 0.208. The van der Waals surface area contributed by atoms with E-state index in [1.807, 2.05) is 36.4 Å². The van der Waals surface area contributed by atoms with E-state index in [-0.39, 0.29) is 4.90 Å². The van der Waals surface area contributed by atoms with Crippen LogP contribution in [0.25, 0.3) is 6.08 Å². The molecule has 1 aliphatic carbocycles. The van der Waals surface area contributed by atoms with Crippen molar-refractivity contribution in [1.29, 1.82) is 0 Å². The Morgan fingerprint density at radius 2 is 1.54 bits per heavy atom. The quantitative estimate of drug-likeness (QED) is 0.654. The molecule has 0 spiro atoms. The van der Waals surface area contributed by atoms with Crippen molar-refractivity contribution in [2.45, 2.75) is 17.0 Å². The number of hydrogen-bond donors (Lipinski definition) is 1. The molecule has 1 N–H and O–H groups in total. The zero-order valence-corrected chi connectivity index (χ0v) is 16.4. The third kappa shape index (κ3) is 3.97. The monoisotopic (exact) mass is 411 g/mol. The van der Waals surface area contributed by atoms with Gasteiger partial charge in [0.15, 0.2) is 0 Å². The van der Waals surface area contributed by atoms with Crippen LogP contribution in [0.5, 0.6) is 5.75 Å². The number of sulfonamides is 1. The summed E-state index contributed by atoms with van der Waals surface area (Å²) >= 11 is 5.94. The number of fused-ring (bicyclic) bond motifs is 1. The summed E-state index contributed by atoms with van der Waals surface area (Å²) in [6.07, 6.45) is 3.31. The normalized spacial score (nSPS) is 18.5. The number of hydrogen-bond acceptors (Lipinski definition) is 3. The maximum atomic E-state index is 12.9. The molecule has 0 bridgehead atoms. The minimum atomic E-state index is -3.72. The highest BCUT2D eigenvalue weighted by Crippen LogP contribution is 2.32. The van der Waals surface area contributed by atoms with Gasteiger partial charge in [0.05, 0.1) is 10.9 Å². The maximum Gasteiger partial charge on any atom is 0.241 e. The largest absolute Gasteiger partial charge is 0.484 e.